The molecule has 0 saturated heterocycles. The van der Waals surface area contributed by atoms with Gasteiger partial charge in [-0.05, 0) is 30.3 Å². The van der Waals surface area contributed by atoms with Gasteiger partial charge in [-0.25, -0.2) is 4.98 Å². The molecule has 1 heterocycles. The minimum atomic E-state index is 0.242. The largest absolute Gasteiger partial charge is 0.508 e. The topological polar surface area (TPSA) is 45.1 Å². The molecule has 0 spiro atoms. The lowest BCUT2D eigenvalue weighted by Gasteiger charge is -2.02. The molecule has 2 aromatic carbocycles. The Hall–Kier alpha value is -2.04. The number of aromatic hydroxyl groups is 1. The van der Waals surface area contributed by atoms with Gasteiger partial charge < -0.3 is 10.4 Å². The lowest BCUT2D eigenvalue weighted by atomic mass is 10.2. The first-order valence-corrected chi connectivity index (χ1v) is 7.24. The molecule has 100 valence electrons. The molecular weight excluding hydrogens is 292 g/mol. The third-order valence-corrected chi connectivity index (χ3v) is 3.86. The van der Waals surface area contributed by atoms with E-state index in [2.05, 4.69) is 10.3 Å². The normalized spacial score (nSPS) is 10.4. The molecule has 3 aromatic rings. The Morgan fingerprint density at radius 1 is 1.05 bits per heavy atom. The zero-order chi connectivity index (χ0) is 13.9. The summed E-state index contributed by atoms with van der Waals surface area (Å²) in [7, 11) is 0. The Balaban J connectivity index is 1.84. The summed E-state index contributed by atoms with van der Waals surface area (Å²) in [6.07, 6.45) is 0. The summed E-state index contributed by atoms with van der Waals surface area (Å²) in [4.78, 5) is 4.52. The summed E-state index contributed by atoms with van der Waals surface area (Å²) >= 11 is 7.67. The molecule has 0 unspecified atom stereocenters. The summed E-state index contributed by atoms with van der Waals surface area (Å²) < 4.78 is 0. The lowest BCUT2D eigenvalue weighted by molar-refractivity contribution is 0.475. The van der Waals surface area contributed by atoms with E-state index in [-0.39, 0.29) is 5.75 Å². The zero-order valence-electron chi connectivity index (χ0n) is 10.4. The van der Waals surface area contributed by atoms with Crippen LogP contribution in [0.25, 0.3) is 11.3 Å². The van der Waals surface area contributed by atoms with Crippen LogP contribution in [0.3, 0.4) is 0 Å². The van der Waals surface area contributed by atoms with Crippen LogP contribution >= 0.6 is 22.9 Å². The van der Waals surface area contributed by atoms with E-state index in [1.165, 1.54) is 11.3 Å². The van der Waals surface area contributed by atoms with Gasteiger partial charge in [0.1, 0.15) is 5.75 Å². The number of benzene rings is 2. The van der Waals surface area contributed by atoms with Gasteiger partial charge in [0.05, 0.1) is 5.69 Å². The maximum atomic E-state index is 9.25. The van der Waals surface area contributed by atoms with Crippen molar-refractivity contribution in [2.45, 2.75) is 0 Å². The molecule has 5 heteroatoms. The second-order valence-electron chi connectivity index (χ2n) is 4.19. The van der Waals surface area contributed by atoms with E-state index in [0.29, 0.717) is 5.02 Å². The number of anilines is 2. The number of rotatable bonds is 3. The summed E-state index contributed by atoms with van der Waals surface area (Å²) in [5.74, 6) is 0.242. The van der Waals surface area contributed by atoms with Crippen LogP contribution in [0.2, 0.25) is 5.02 Å². The van der Waals surface area contributed by atoms with E-state index in [1.807, 2.05) is 29.6 Å². The number of halogens is 1. The fourth-order valence-corrected chi connectivity index (χ4v) is 2.76. The molecule has 0 radical (unpaired) electrons. The van der Waals surface area contributed by atoms with Crippen LogP contribution in [0.4, 0.5) is 10.8 Å². The molecule has 0 atom stereocenters. The third kappa shape index (κ3) is 2.76. The average molecular weight is 303 g/mol. The van der Waals surface area contributed by atoms with Crippen molar-refractivity contribution in [1.82, 2.24) is 4.98 Å². The van der Waals surface area contributed by atoms with E-state index in [0.717, 1.165) is 22.1 Å². The highest BCUT2D eigenvalue weighted by atomic mass is 35.5. The van der Waals surface area contributed by atoms with Crippen molar-refractivity contribution in [3.05, 3.63) is 58.9 Å². The van der Waals surface area contributed by atoms with E-state index in [4.69, 9.17) is 11.6 Å². The smallest absolute Gasteiger partial charge is 0.187 e. The van der Waals surface area contributed by atoms with Gasteiger partial charge in [0.2, 0.25) is 0 Å². The highest BCUT2D eigenvalue weighted by Gasteiger charge is 2.07. The quantitative estimate of drug-likeness (QED) is 0.675. The number of nitrogens with one attached hydrogen (secondary N) is 1. The number of nitrogens with zero attached hydrogens (tertiary/aromatic N) is 1. The summed E-state index contributed by atoms with van der Waals surface area (Å²) in [6, 6.07) is 14.5. The summed E-state index contributed by atoms with van der Waals surface area (Å²) in [5.41, 5.74) is 2.65. The molecule has 0 saturated carbocycles. The van der Waals surface area contributed by atoms with Crippen LogP contribution in [0.15, 0.2) is 53.9 Å². The van der Waals surface area contributed by atoms with Crippen LogP contribution < -0.4 is 5.32 Å². The fourth-order valence-electron chi connectivity index (χ4n) is 1.79. The van der Waals surface area contributed by atoms with E-state index < -0.39 is 0 Å². The third-order valence-electron chi connectivity index (χ3n) is 2.77. The van der Waals surface area contributed by atoms with Crippen LogP contribution in [-0.4, -0.2) is 10.1 Å². The standard InChI is InChI=1S/C15H11ClN2OS/c16-13-4-2-1-3-12(13)14-9-20-15(18-14)17-10-5-7-11(19)8-6-10/h1-9,19H,(H,17,18). The fraction of sp³-hybridized carbons (Fsp3) is 0. The van der Waals surface area contributed by atoms with Gasteiger partial charge in [0.25, 0.3) is 0 Å². The minimum absolute atomic E-state index is 0.242. The van der Waals surface area contributed by atoms with Crippen LogP contribution in [-0.2, 0) is 0 Å². The van der Waals surface area contributed by atoms with E-state index >= 15 is 0 Å². The minimum Gasteiger partial charge on any atom is -0.508 e. The highest BCUT2D eigenvalue weighted by molar-refractivity contribution is 7.14. The van der Waals surface area contributed by atoms with Gasteiger partial charge in [-0.2, -0.15) is 0 Å². The average Bonchev–Trinajstić information content (AvgIpc) is 2.90. The second kappa shape index (κ2) is 5.53. The molecule has 3 nitrogen and oxygen atoms in total. The maximum absolute atomic E-state index is 9.25. The van der Waals surface area contributed by atoms with Crippen LogP contribution in [0, 0.1) is 0 Å². The molecule has 0 aliphatic carbocycles. The first-order chi connectivity index (χ1) is 9.72. The predicted molar refractivity (Wildman–Crippen MR) is 83.9 cm³/mol. The van der Waals surface area contributed by atoms with Gasteiger partial charge >= 0.3 is 0 Å². The Morgan fingerprint density at radius 3 is 2.55 bits per heavy atom. The molecule has 0 amide bonds. The first kappa shape index (κ1) is 13.0. The van der Waals surface area contributed by atoms with Gasteiger partial charge in [-0.15, -0.1) is 11.3 Å². The van der Waals surface area contributed by atoms with Gasteiger partial charge in [0.15, 0.2) is 5.13 Å². The predicted octanol–water partition coefficient (Wildman–Crippen LogP) is 4.91. The van der Waals surface area contributed by atoms with Crippen molar-refractivity contribution in [3.63, 3.8) is 0 Å². The Morgan fingerprint density at radius 2 is 1.80 bits per heavy atom. The summed E-state index contributed by atoms with van der Waals surface area (Å²) in [6.45, 7) is 0. The molecule has 2 N–H and O–H groups in total. The maximum Gasteiger partial charge on any atom is 0.187 e. The van der Waals surface area contributed by atoms with Crippen molar-refractivity contribution < 1.29 is 5.11 Å². The van der Waals surface area contributed by atoms with Crippen LogP contribution in [0.5, 0.6) is 5.75 Å². The Labute approximate surface area is 125 Å². The number of hydrogen-bond donors (Lipinski definition) is 2. The summed E-state index contributed by atoms with van der Waals surface area (Å²) in [5, 5.41) is 15.9. The number of aromatic nitrogens is 1. The molecular formula is C15H11ClN2OS. The molecule has 3 rings (SSSR count). The highest BCUT2D eigenvalue weighted by Crippen LogP contribution is 2.31. The molecule has 0 aliphatic heterocycles. The number of hydrogen-bond acceptors (Lipinski definition) is 4. The zero-order valence-corrected chi connectivity index (χ0v) is 11.9. The van der Waals surface area contributed by atoms with Crippen molar-refractivity contribution in [2.24, 2.45) is 0 Å². The van der Waals surface area contributed by atoms with Crippen molar-refractivity contribution in [3.8, 4) is 17.0 Å². The van der Waals surface area contributed by atoms with Crippen molar-refractivity contribution >= 4 is 33.8 Å². The Bertz CT molecular complexity index is 725. The molecule has 20 heavy (non-hydrogen) atoms. The number of phenolic OH excluding ortho intramolecular Hbond substituents is 1. The molecule has 0 bridgehead atoms. The number of phenols is 1. The second-order valence-corrected chi connectivity index (χ2v) is 5.45. The monoisotopic (exact) mass is 302 g/mol. The van der Waals surface area contributed by atoms with Crippen molar-refractivity contribution in [1.29, 1.82) is 0 Å². The van der Waals surface area contributed by atoms with Gasteiger partial charge in [-0.3, -0.25) is 0 Å². The molecule has 1 aromatic heterocycles. The SMILES string of the molecule is Oc1ccc(Nc2nc(-c3ccccc3Cl)cs2)cc1. The van der Waals surface area contributed by atoms with Crippen molar-refractivity contribution in [2.75, 3.05) is 5.32 Å². The first-order valence-electron chi connectivity index (χ1n) is 5.99. The van der Waals surface area contributed by atoms with Gasteiger partial charge in [0, 0.05) is 21.7 Å². The lowest BCUT2D eigenvalue weighted by Crippen LogP contribution is -1.89. The van der Waals surface area contributed by atoms with E-state index in [1.54, 1.807) is 24.3 Å². The van der Waals surface area contributed by atoms with E-state index in [9.17, 15) is 5.11 Å². The molecule has 0 aliphatic rings. The Kier molecular flexibility index (Phi) is 3.58. The molecule has 0 fully saturated rings. The number of thiazole rings is 1. The van der Waals surface area contributed by atoms with Crippen LogP contribution in [0.1, 0.15) is 0 Å². The van der Waals surface area contributed by atoms with Gasteiger partial charge in [-0.1, -0.05) is 29.8 Å².